The molecule has 0 saturated carbocycles. The van der Waals surface area contributed by atoms with Crippen molar-refractivity contribution in [2.75, 3.05) is 0 Å². The number of rotatable bonds is 4. The van der Waals surface area contributed by atoms with Gasteiger partial charge in [0.1, 0.15) is 0 Å². The van der Waals surface area contributed by atoms with Crippen molar-refractivity contribution >= 4 is 5.78 Å². The van der Waals surface area contributed by atoms with E-state index >= 15 is 0 Å². The molecule has 0 unspecified atom stereocenters. The molecule has 0 fully saturated rings. The number of carbonyl (C=O) groups excluding carboxylic acids is 1. The zero-order valence-corrected chi connectivity index (χ0v) is 11.3. The molecule has 0 spiro atoms. The maximum Gasteiger partial charge on any atom is 0.163 e. The molecule has 3 heteroatoms. The van der Waals surface area contributed by atoms with E-state index in [1.807, 2.05) is 39.8 Å². The molecule has 0 aliphatic rings. The summed E-state index contributed by atoms with van der Waals surface area (Å²) < 4.78 is 0. The quantitative estimate of drug-likeness (QED) is 0.789. The Labute approximate surface area is 104 Å². The van der Waals surface area contributed by atoms with Crippen molar-refractivity contribution in [1.29, 1.82) is 0 Å². The molecule has 0 aliphatic heterocycles. The number of benzene rings is 1. The molecule has 1 aromatic rings. The van der Waals surface area contributed by atoms with Crippen molar-refractivity contribution in [3.63, 3.8) is 0 Å². The molecule has 0 aromatic heterocycles. The molecule has 0 heterocycles. The van der Waals surface area contributed by atoms with Gasteiger partial charge in [0.2, 0.25) is 0 Å². The molecule has 1 aromatic carbocycles. The first kappa shape index (κ1) is 15.8. The Bertz CT molecular complexity index is 373. The SMILES string of the molecule is CC.CCC(=O)c1c(C)cc(CN)cc1CN. The first-order valence-electron chi connectivity index (χ1n) is 6.19. The lowest BCUT2D eigenvalue weighted by atomic mass is 9.94. The van der Waals surface area contributed by atoms with Crippen molar-refractivity contribution in [2.45, 2.75) is 47.2 Å². The molecule has 0 amide bonds. The number of hydrogen-bond donors (Lipinski definition) is 2. The van der Waals surface area contributed by atoms with Gasteiger partial charge in [0, 0.05) is 25.1 Å². The fraction of sp³-hybridized carbons (Fsp3) is 0.500. The summed E-state index contributed by atoms with van der Waals surface area (Å²) in [5, 5.41) is 0. The van der Waals surface area contributed by atoms with Crippen molar-refractivity contribution in [3.8, 4) is 0 Å². The van der Waals surface area contributed by atoms with Crippen molar-refractivity contribution in [2.24, 2.45) is 11.5 Å². The van der Waals surface area contributed by atoms with Gasteiger partial charge in [0.15, 0.2) is 5.78 Å². The second kappa shape index (κ2) is 7.98. The molecule has 1 rings (SSSR count). The Morgan fingerprint density at radius 3 is 2.18 bits per heavy atom. The van der Waals surface area contributed by atoms with Gasteiger partial charge >= 0.3 is 0 Å². The summed E-state index contributed by atoms with van der Waals surface area (Å²) in [5.74, 6) is 0.150. The minimum Gasteiger partial charge on any atom is -0.326 e. The largest absolute Gasteiger partial charge is 0.326 e. The maximum absolute atomic E-state index is 11.7. The highest BCUT2D eigenvalue weighted by Gasteiger charge is 2.12. The highest BCUT2D eigenvalue weighted by molar-refractivity contribution is 5.98. The number of hydrogen-bond acceptors (Lipinski definition) is 3. The fourth-order valence-electron chi connectivity index (χ4n) is 1.80. The molecule has 96 valence electrons. The second-order valence-corrected chi connectivity index (χ2v) is 3.63. The van der Waals surface area contributed by atoms with Gasteiger partial charge in [-0.2, -0.15) is 0 Å². The van der Waals surface area contributed by atoms with Gasteiger partial charge in [0.25, 0.3) is 0 Å². The Kier molecular flexibility index (Phi) is 7.42. The van der Waals surface area contributed by atoms with Crippen LogP contribution in [0.3, 0.4) is 0 Å². The van der Waals surface area contributed by atoms with Gasteiger partial charge in [0.05, 0.1) is 0 Å². The topological polar surface area (TPSA) is 69.1 Å². The van der Waals surface area contributed by atoms with Crippen molar-refractivity contribution in [1.82, 2.24) is 0 Å². The standard InChI is InChI=1S/C12H18N2O.C2H6/c1-3-11(15)12-8(2)4-9(6-13)5-10(12)7-14;1-2/h4-5H,3,6-7,13-14H2,1-2H3;1-2H3. The summed E-state index contributed by atoms with van der Waals surface area (Å²) in [6, 6.07) is 3.89. The van der Waals surface area contributed by atoms with Crippen LogP contribution in [0.25, 0.3) is 0 Å². The monoisotopic (exact) mass is 236 g/mol. The smallest absolute Gasteiger partial charge is 0.163 e. The number of ketones is 1. The number of carbonyl (C=O) groups is 1. The van der Waals surface area contributed by atoms with Crippen LogP contribution in [-0.4, -0.2) is 5.78 Å². The average Bonchev–Trinajstić information content (AvgIpc) is 2.39. The van der Waals surface area contributed by atoms with E-state index in [2.05, 4.69) is 0 Å². The molecule has 3 nitrogen and oxygen atoms in total. The second-order valence-electron chi connectivity index (χ2n) is 3.63. The summed E-state index contributed by atoms with van der Waals surface area (Å²) in [6.45, 7) is 8.66. The highest BCUT2D eigenvalue weighted by atomic mass is 16.1. The van der Waals surface area contributed by atoms with E-state index in [0.29, 0.717) is 19.5 Å². The molecule has 0 radical (unpaired) electrons. The zero-order chi connectivity index (χ0) is 13.4. The van der Waals surface area contributed by atoms with Gasteiger partial charge in [-0.05, 0) is 23.6 Å². The van der Waals surface area contributed by atoms with Crippen LogP contribution in [0.1, 0.15) is 54.2 Å². The van der Waals surface area contributed by atoms with Crippen molar-refractivity contribution in [3.05, 3.63) is 34.4 Å². The minimum absolute atomic E-state index is 0.150. The molecule has 0 aliphatic carbocycles. The summed E-state index contributed by atoms with van der Waals surface area (Å²) in [5.41, 5.74) is 14.9. The van der Waals surface area contributed by atoms with E-state index in [4.69, 9.17) is 11.5 Å². The predicted molar refractivity (Wildman–Crippen MR) is 72.9 cm³/mol. The summed E-state index contributed by atoms with van der Waals surface area (Å²) in [6.07, 6.45) is 0.510. The Hall–Kier alpha value is -1.19. The van der Waals surface area contributed by atoms with Gasteiger partial charge in [-0.1, -0.05) is 32.9 Å². The molecule has 4 N–H and O–H groups in total. The lowest BCUT2D eigenvalue weighted by Gasteiger charge is -2.11. The summed E-state index contributed by atoms with van der Waals surface area (Å²) >= 11 is 0. The van der Waals surface area contributed by atoms with Crippen LogP contribution in [0.15, 0.2) is 12.1 Å². The lowest BCUT2D eigenvalue weighted by Crippen LogP contribution is -2.11. The zero-order valence-electron chi connectivity index (χ0n) is 11.3. The fourth-order valence-corrected chi connectivity index (χ4v) is 1.80. The van der Waals surface area contributed by atoms with Gasteiger partial charge in [-0.3, -0.25) is 4.79 Å². The van der Waals surface area contributed by atoms with Crippen LogP contribution in [0.4, 0.5) is 0 Å². The molecule has 0 saturated heterocycles. The average molecular weight is 236 g/mol. The normalized spacial score (nSPS) is 9.53. The van der Waals surface area contributed by atoms with Crippen molar-refractivity contribution < 1.29 is 4.79 Å². The lowest BCUT2D eigenvalue weighted by molar-refractivity contribution is 0.0986. The van der Waals surface area contributed by atoms with Crippen LogP contribution in [0, 0.1) is 6.92 Å². The Morgan fingerprint density at radius 2 is 1.76 bits per heavy atom. The highest BCUT2D eigenvalue weighted by Crippen LogP contribution is 2.18. The summed E-state index contributed by atoms with van der Waals surface area (Å²) in [4.78, 5) is 11.7. The third kappa shape index (κ3) is 3.95. The van der Waals surface area contributed by atoms with Crippen LogP contribution < -0.4 is 11.5 Å². The van der Waals surface area contributed by atoms with E-state index < -0.39 is 0 Å². The third-order valence-electron chi connectivity index (χ3n) is 2.53. The van der Waals surface area contributed by atoms with E-state index in [0.717, 1.165) is 22.3 Å². The van der Waals surface area contributed by atoms with Crippen LogP contribution >= 0.6 is 0 Å². The molecular formula is C14H24N2O. The van der Waals surface area contributed by atoms with Gasteiger partial charge in [-0.15, -0.1) is 0 Å². The van der Waals surface area contributed by atoms with E-state index in [-0.39, 0.29) is 5.78 Å². The van der Waals surface area contributed by atoms with Gasteiger partial charge in [-0.25, -0.2) is 0 Å². The van der Waals surface area contributed by atoms with E-state index in [1.165, 1.54) is 0 Å². The molecule has 17 heavy (non-hydrogen) atoms. The predicted octanol–water partition coefficient (Wildman–Crippen LogP) is 2.53. The maximum atomic E-state index is 11.7. The summed E-state index contributed by atoms with van der Waals surface area (Å²) in [7, 11) is 0. The molecular weight excluding hydrogens is 212 g/mol. The number of nitrogens with two attached hydrogens (primary N) is 2. The van der Waals surface area contributed by atoms with Gasteiger partial charge < -0.3 is 11.5 Å². The first-order valence-corrected chi connectivity index (χ1v) is 6.19. The van der Waals surface area contributed by atoms with E-state index in [1.54, 1.807) is 0 Å². The van der Waals surface area contributed by atoms with E-state index in [9.17, 15) is 4.79 Å². The minimum atomic E-state index is 0.150. The van der Waals surface area contributed by atoms with Crippen LogP contribution in [0.5, 0.6) is 0 Å². The molecule has 0 atom stereocenters. The van der Waals surface area contributed by atoms with Crippen LogP contribution in [0.2, 0.25) is 0 Å². The number of aryl methyl sites for hydroxylation is 1. The molecule has 0 bridgehead atoms. The third-order valence-corrected chi connectivity index (χ3v) is 2.53. The Balaban J connectivity index is 0.00000121. The van der Waals surface area contributed by atoms with Crippen LogP contribution in [-0.2, 0) is 13.1 Å². The Morgan fingerprint density at radius 1 is 1.18 bits per heavy atom. The first-order chi connectivity index (χ1) is 8.13. The number of Topliss-reactive ketones (excluding diaryl/α,β-unsaturated/α-hetero) is 1.